The molecule has 0 saturated heterocycles. The van der Waals surface area contributed by atoms with Gasteiger partial charge in [-0.15, -0.1) is 0 Å². The minimum Gasteiger partial charge on any atom is -0.357 e. The minimum atomic E-state index is -0.642. The highest BCUT2D eigenvalue weighted by molar-refractivity contribution is 5.57. The molecule has 0 aliphatic heterocycles. The van der Waals surface area contributed by atoms with Crippen LogP contribution >= 0.6 is 0 Å². The Hall–Kier alpha value is -2.24. The molecule has 6 heteroatoms. The lowest BCUT2D eigenvalue weighted by molar-refractivity contribution is 0.584. The lowest BCUT2D eigenvalue weighted by Gasteiger charge is -2.08. The quantitative estimate of drug-likeness (QED) is 0.879. The van der Waals surface area contributed by atoms with Crippen LogP contribution in [0.4, 0.5) is 26.2 Å². The Bertz CT molecular complexity index is 552. The smallest absolute Gasteiger partial charge is 0.224 e. The van der Waals surface area contributed by atoms with Crippen molar-refractivity contribution in [3.63, 3.8) is 0 Å². The molecular weight excluding hydrogens is 238 g/mol. The molecule has 2 rings (SSSR count). The number of halogens is 2. The van der Waals surface area contributed by atoms with Gasteiger partial charge in [-0.25, -0.2) is 13.8 Å². The fraction of sp³-hybridized carbons (Fsp3) is 0.167. The van der Waals surface area contributed by atoms with E-state index in [2.05, 4.69) is 20.6 Å². The number of aryl methyl sites for hydroxylation is 1. The van der Waals surface area contributed by atoms with Crippen LogP contribution in [0.2, 0.25) is 0 Å². The highest BCUT2D eigenvalue weighted by Crippen LogP contribution is 2.18. The van der Waals surface area contributed by atoms with Gasteiger partial charge in [0.25, 0.3) is 0 Å². The Balaban J connectivity index is 2.30. The summed E-state index contributed by atoms with van der Waals surface area (Å²) in [5.74, 6) is -0.375. The second-order valence-electron chi connectivity index (χ2n) is 3.75. The Morgan fingerprint density at radius 1 is 1.00 bits per heavy atom. The Morgan fingerprint density at radius 3 is 2.28 bits per heavy atom. The van der Waals surface area contributed by atoms with E-state index in [1.165, 1.54) is 12.1 Å². The Kier molecular flexibility index (Phi) is 3.36. The van der Waals surface area contributed by atoms with Gasteiger partial charge in [-0.3, -0.25) is 0 Å². The number of nitrogens with zero attached hydrogens (tertiary/aromatic N) is 2. The molecule has 0 atom stereocenters. The minimum absolute atomic E-state index is 0.299. The fourth-order valence-electron chi connectivity index (χ4n) is 1.52. The molecule has 0 fully saturated rings. The highest BCUT2D eigenvalue weighted by atomic mass is 19.1. The van der Waals surface area contributed by atoms with Crippen LogP contribution in [0.5, 0.6) is 0 Å². The van der Waals surface area contributed by atoms with Gasteiger partial charge in [0, 0.05) is 30.6 Å². The van der Waals surface area contributed by atoms with Crippen molar-refractivity contribution in [1.82, 2.24) is 9.97 Å². The summed E-state index contributed by atoms with van der Waals surface area (Å²) in [7, 11) is 1.69. The molecule has 2 aromatic rings. The number of anilines is 3. The van der Waals surface area contributed by atoms with Gasteiger partial charge in [-0.1, -0.05) is 0 Å². The second-order valence-corrected chi connectivity index (χ2v) is 3.75. The zero-order chi connectivity index (χ0) is 13.1. The van der Waals surface area contributed by atoms with Crippen molar-refractivity contribution in [3.05, 3.63) is 41.6 Å². The van der Waals surface area contributed by atoms with Gasteiger partial charge in [0.05, 0.1) is 0 Å². The number of benzene rings is 1. The maximum Gasteiger partial charge on any atom is 0.224 e. The molecule has 0 bridgehead atoms. The van der Waals surface area contributed by atoms with Crippen molar-refractivity contribution in [1.29, 1.82) is 0 Å². The first-order chi connectivity index (χ1) is 8.56. The fourth-order valence-corrected chi connectivity index (χ4v) is 1.52. The van der Waals surface area contributed by atoms with Crippen LogP contribution in [0, 0.1) is 18.6 Å². The van der Waals surface area contributed by atoms with E-state index in [0.29, 0.717) is 17.5 Å². The lowest BCUT2D eigenvalue weighted by atomic mass is 10.3. The summed E-state index contributed by atoms with van der Waals surface area (Å²) in [6, 6.07) is 4.89. The maximum atomic E-state index is 13.0. The first kappa shape index (κ1) is 12.2. The summed E-state index contributed by atoms with van der Waals surface area (Å²) in [5.41, 5.74) is 1.04. The molecule has 0 unspecified atom stereocenters. The van der Waals surface area contributed by atoms with Crippen LogP contribution in [-0.4, -0.2) is 17.0 Å². The highest BCUT2D eigenvalue weighted by Gasteiger charge is 2.04. The topological polar surface area (TPSA) is 49.8 Å². The molecule has 1 aromatic heterocycles. The molecule has 0 aliphatic carbocycles. The monoisotopic (exact) mass is 250 g/mol. The molecule has 0 saturated carbocycles. The number of rotatable bonds is 3. The largest absolute Gasteiger partial charge is 0.357 e. The molecule has 1 heterocycles. The molecule has 0 spiro atoms. The molecule has 4 nitrogen and oxygen atoms in total. The molecule has 1 aromatic carbocycles. The maximum absolute atomic E-state index is 13.0. The van der Waals surface area contributed by atoms with Gasteiger partial charge in [-0.05, 0) is 19.1 Å². The first-order valence-corrected chi connectivity index (χ1v) is 5.33. The lowest BCUT2D eigenvalue weighted by Crippen LogP contribution is -2.02. The van der Waals surface area contributed by atoms with E-state index in [-0.39, 0.29) is 0 Å². The molecule has 0 amide bonds. The van der Waals surface area contributed by atoms with Crippen LogP contribution < -0.4 is 10.6 Å². The van der Waals surface area contributed by atoms with Crippen LogP contribution in [0.1, 0.15) is 5.69 Å². The van der Waals surface area contributed by atoms with E-state index >= 15 is 0 Å². The van der Waals surface area contributed by atoms with Gasteiger partial charge in [0.1, 0.15) is 17.5 Å². The predicted molar refractivity (Wildman–Crippen MR) is 66.0 cm³/mol. The van der Waals surface area contributed by atoms with Crippen molar-refractivity contribution in [2.45, 2.75) is 6.92 Å². The third-order valence-corrected chi connectivity index (χ3v) is 2.21. The third-order valence-electron chi connectivity index (χ3n) is 2.21. The van der Waals surface area contributed by atoms with Gasteiger partial charge < -0.3 is 10.6 Å². The van der Waals surface area contributed by atoms with Crippen LogP contribution in [0.3, 0.4) is 0 Å². The average Bonchev–Trinajstić information content (AvgIpc) is 2.26. The van der Waals surface area contributed by atoms with Crippen LogP contribution in [-0.2, 0) is 0 Å². The average molecular weight is 250 g/mol. The van der Waals surface area contributed by atoms with Gasteiger partial charge in [0.15, 0.2) is 0 Å². The number of hydrogen-bond acceptors (Lipinski definition) is 4. The summed E-state index contributed by atoms with van der Waals surface area (Å²) in [5, 5.41) is 5.64. The van der Waals surface area contributed by atoms with Gasteiger partial charge in [-0.2, -0.15) is 4.98 Å². The summed E-state index contributed by atoms with van der Waals surface area (Å²) in [4.78, 5) is 8.25. The van der Waals surface area contributed by atoms with Crippen molar-refractivity contribution < 1.29 is 8.78 Å². The normalized spacial score (nSPS) is 10.2. The predicted octanol–water partition coefficient (Wildman–Crippen LogP) is 2.85. The molecule has 94 valence electrons. The summed E-state index contributed by atoms with van der Waals surface area (Å²) < 4.78 is 26.1. The summed E-state index contributed by atoms with van der Waals surface area (Å²) in [6.45, 7) is 1.81. The van der Waals surface area contributed by atoms with Crippen molar-refractivity contribution >= 4 is 17.5 Å². The number of hydrogen-bond donors (Lipinski definition) is 2. The van der Waals surface area contributed by atoms with E-state index in [1.807, 2.05) is 0 Å². The van der Waals surface area contributed by atoms with Crippen molar-refractivity contribution in [3.8, 4) is 0 Å². The summed E-state index contributed by atoms with van der Waals surface area (Å²) >= 11 is 0. The van der Waals surface area contributed by atoms with E-state index in [9.17, 15) is 8.78 Å². The Morgan fingerprint density at radius 2 is 1.67 bits per heavy atom. The molecule has 18 heavy (non-hydrogen) atoms. The van der Waals surface area contributed by atoms with E-state index < -0.39 is 11.6 Å². The SMILES string of the molecule is CNc1nc(C)cc(Nc2cc(F)cc(F)c2)n1. The molecule has 2 N–H and O–H groups in total. The third kappa shape index (κ3) is 2.91. The molecule has 0 radical (unpaired) electrons. The van der Waals surface area contributed by atoms with Crippen LogP contribution in [0.25, 0.3) is 0 Å². The zero-order valence-electron chi connectivity index (χ0n) is 9.96. The van der Waals surface area contributed by atoms with E-state index in [4.69, 9.17) is 0 Å². The second kappa shape index (κ2) is 4.95. The molecule has 0 aliphatic rings. The number of aromatic nitrogens is 2. The van der Waals surface area contributed by atoms with Gasteiger partial charge in [0.2, 0.25) is 5.95 Å². The zero-order valence-corrected chi connectivity index (χ0v) is 9.96. The van der Waals surface area contributed by atoms with E-state index in [1.54, 1.807) is 20.0 Å². The Labute approximate surface area is 103 Å². The first-order valence-electron chi connectivity index (χ1n) is 5.33. The van der Waals surface area contributed by atoms with E-state index in [0.717, 1.165) is 11.8 Å². The van der Waals surface area contributed by atoms with Crippen LogP contribution in [0.15, 0.2) is 24.3 Å². The number of nitrogens with one attached hydrogen (secondary N) is 2. The van der Waals surface area contributed by atoms with Gasteiger partial charge >= 0.3 is 0 Å². The summed E-state index contributed by atoms with van der Waals surface area (Å²) in [6.07, 6.45) is 0. The van der Waals surface area contributed by atoms with Crippen molar-refractivity contribution in [2.24, 2.45) is 0 Å². The van der Waals surface area contributed by atoms with Crippen molar-refractivity contribution in [2.75, 3.05) is 17.7 Å². The standard InChI is InChI=1S/C12H12F2N4/c1-7-3-11(18-12(15-2)16-7)17-10-5-8(13)4-9(14)6-10/h3-6H,1-2H3,(H2,15,16,17,18). The molecular formula is C12H12F2N4.